The van der Waals surface area contributed by atoms with E-state index in [1.165, 1.54) is 5.56 Å². The molecule has 0 aliphatic carbocycles. The van der Waals surface area contributed by atoms with Crippen molar-refractivity contribution in [3.63, 3.8) is 0 Å². The zero-order valence-electron chi connectivity index (χ0n) is 15.3. The third kappa shape index (κ3) is 3.93. The number of ether oxygens (including phenoxy) is 1. The van der Waals surface area contributed by atoms with Crippen LogP contribution in [-0.4, -0.2) is 23.0 Å². The Morgan fingerprint density at radius 1 is 1.08 bits per heavy atom. The minimum Gasteiger partial charge on any atom is -0.461 e. The monoisotopic (exact) mass is 337 g/mol. The number of esters is 1. The van der Waals surface area contributed by atoms with E-state index in [0.29, 0.717) is 12.6 Å². The number of nitrogens with zero attached hydrogens (tertiary/aromatic N) is 1. The minimum atomic E-state index is -0.0778. The molecule has 4 atom stereocenters. The van der Waals surface area contributed by atoms with Gasteiger partial charge in [0.2, 0.25) is 0 Å². The predicted octanol–water partition coefficient (Wildman–Crippen LogP) is 4.59. The number of benzene rings is 2. The molecule has 1 heterocycles. The Morgan fingerprint density at radius 3 is 2.32 bits per heavy atom. The van der Waals surface area contributed by atoms with Crippen LogP contribution >= 0.6 is 0 Å². The lowest BCUT2D eigenvalue weighted by atomic mass is 10.00. The lowest BCUT2D eigenvalue weighted by Gasteiger charge is -2.33. The van der Waals surface area contributed by atoms with Gasteiger partial charge in [0.15, 0.2) is 0 Å². The predicted molar refractivity (Wildman–Crippen MR) is 100.0 cm³/mol. The van der Waals surface area contributed by atoms with E-state index in [9.17, 15) is 4.79 Å². The average Bonchev–Trinajstić information content (AvgIpc) is 2.95. The molecular formula is C22H27NO2. The highest BCUT2D eigenvalue weighted by Crippen LogP contribution is 2.37. The summed E-state index contributed by atoms with van der Waals surface area (Å²) in [6.07, 6.45) is 0.853. The molecule has 0 N–H and O–H groups in total. The van der Waals surface area contributed by atoms with Crippen LogP contribution in [0.15, 0.2) is 60.7 Å². The molecule has 2 aromatic carbocycles. The highest BCUT2D eigenvalue weighted by molar-refractivity contribution is 5.73. The Bertz CT molecular complexity index is 686. The van der Waals surface area contributed by atoms with Gasteiger partial charge in [0.25, 0.3) is 0 Å². The molecule has 0 aromatic heterocycles. The maximum absolute atomic E-state index is 12.6. The molecule has 0 bridgehead atoms. The maximum Gasteiger partial charge on any atom is 0.310 e. The first kappa shape index (κ1) is 17.7. The molecule has 132 valence electrons. The van der Waals surface area contributed by atoms with Crippen LogP contribution in [0.1, 0.15) is 44.4 Å². The molecule has 3 rings (SSSR count). The van der Waals surface area contributed by atoms with E-state index < -0.39 is 0 Å². The van der Waals surface area contributed by atoms with Gasteiger partial charge in [0.1, 0.15) is 6.61 Å². The summed E-state index contributed by atoms with van der Waals surface area (Å²) in [5.41, 5.74) is 2.32. The summed E-state index contributed by atoms with van der Waals surface area (Å²) in [6, 6.07) is 21.2. The number of carbonyl (C=O) groups is 1. The highest BCUT2D eigenvalue weighted by Gasteiger charge is 2.43. The summed E-state index contributed by atoms with van der Waals surface area (Å²) in [6.45, 7) is 6.93. The molecular weight excluding hydrogens is 310 g/mol. The van der Waals surface area contributed by atoms with E-state index in [-0.39, 0.29) is 24.0 Å². The van der Waals surface area contributed by atoms with E-state index in [2.05, 4.69) is 49.9 Å². The second-order valence-electron chi connectivity index (χ2n) is 7.06. The average molecular weight is 337 g/mol. The molecule has 3 heteroatoms. The smallest absolute Gasteiger partial charge is 0.310 e. The van der Waals surface area contributed by atoms with Crippen molar-refractivity contribution >= 4 is 5.97 Å². The van der Waals surface area contributed by atoms with Gasteiger partial charge in [-0.1, -0.05) is 60.7 Å². The Labute approximate surface area is 150 Å². The van der Waals surface area contributed by atoms with Crippen LogP contribution in [0, 0.1) is 5.92 Å². The summed E-state index contributed by atoms with van der Waals surface area (Å²) in [5, 5.41) is 0. The highest BCUT2D eigenvalue weighted by atomic mass is 16.5. The lowest BCUT2D eigenvalue weighted by molar-refractivity contribution is -0.150. The topological polar surface area (TPSA) is 29.5 Å². The van der Waals surface area contributed by atoms with Crippen LogP contribution in [0.25, 0.3) is 0 Å². The van der Waals surface area contributed by atoms with E-state index in [1.807, 2.05) is 36.4 Å². The van der Waals surface area contributed by atoms with E-state index in [4.69, 9.17) is 4.74 Å². The van der Waals surface area contributed by atoms with Gasteiger partial charge in [0.05, 0.1) is 5.92 Å². The van der Waals surface area contributed by atoms with Gasteiger partial charge in [-0.05, 0) is 38.3 Å². The normalized spacial score (nSPS) is 24.8. The zero-order chi connectivity index (χ0) is 17.8. The molecule has 1 saturated heterocycles. The van der Waals surface area contributed by atoms with Crippen LogP contribution in [0.3, 0.4) is 0 Å². The largest absolute Gasteiger partial charge is 0.461 e. The van der Waals surface area contributed by atoms with Gasteiger partial charge in [-0.3, -0.25) is 9.69 Å². The third-order valence-electron chi connectivity index (χ3n) is 5.41. The van der Waals surface area contributed by atoms with Crippen LogP contribution in [0.2, 0.25) is 0 Å². The van der Waals surface area contributed by atoms with Crippen molar-refractivity contribution in [2.75, 3.05) is 0 Å². The fourth-order valence-electron chi connectivity index (χ4n) is 4.06. The fraction of sp³-hybridized carbons (Fsp3) is 0.409. The molecule has 1 fully saturated rings. The first-order valence-electron chi connectivity index (χ1n) is 9.11. The van der Waals surface area contributed by atoms with E-state index in [0.717, 1.165) is 12.0 Å². The van der Waals surface area contributed by atoms with Gasteiger partial charge in [-0.2, -0.15) is 0 Å². The van der Waals surface area contributed by atoms with Crippen molar-refractivity contribution in [1.82, 2.24) is 4.90 Å². The summed E-state index contributed by atoms with van der Waals surface area (Å²) in [7, 11) is 0. The summed E-state index contributed by atoms with van der Waals surface area (Å²) >= 11 is 0. The van der Waals surface area contributed by atoms with Crippen molar-refractivity contribution in [2.24, 2.45) is 5.92 Å². The van der Waals surface area contributed by atoms with Gasteiger partial charge in [-0.15, -0.1) is 0 Å². The molecule has 0 unspecified atom stereocenters. The number of hydrogen-bond acceptors (Lipinski definition) is 3. The molecule has 0 radical (unpaired) electrons. The van der Waals surface area contributed by atoms with Crippen molar-refractivity contribution in [1.29, 1.82) is 0 Å². The second kappa shape index (κ2) is 7.83. The molecule has 25 heavy (non-hydrogen) atoms. The quantitative estimate of drug-likeness (QED) is 0.747. The standard InChI is InChI=1S/C22H27NO2/c1-16-14-21(22(24)25-15-19-10-6-4-7-11-19)18(3)23(16)17(2)20-12-8-5-9-13-20/h4-13,16-18,21H,14-15H2,1-3H3/t16-,17-,18-,21-/m0/s1. The van der Waals surface area contributed by atoms with E-state index in [1.54, 1.807) is 0 Å². The molecule has 0 saturated carbocycles. The lowest BCUT2D eigenvalue weighted by Crippen LogP contribution is -2.38. The second-order valence-corrected chi connectivity index (χ2v) is 7.06. The minimum absolute atomic E-state index is 0.0649. The first-order chi connectivity index (χ1) is 12.1. The zero-order valence-corrected chi connectivity index (χ0v) is 15.3. The summed E-state index contributed by atoms with van der Waals surface area (Å²) < 4.78 is 5.60. The Hall–Kier alpha value is -2.13. The number of carbonyl (C=O) groups excluding carboxylic acids is 1. The van der Waals surface area contributed by atoms with Crippen molar-refractivity contribution in [3.05, 3.63) is 71.8 Å². The van der Waals surface area contributed by atoms with Gasteiger partial charge >= 0.3 is 5.97 Å². The number of rotatable bonds is 5. The van der Waals surface area contributed by atoms with Gasteiger partial charge in [-0.25, -0.2) is 0 Å². The van der Waals surface area contributed by atoms with Crippen LogP contribution in [0.4, 0.5) is 0 Å². The molecule has 0 spiro atoms. The van der Waals surface area contributed by atoms with Crippen molar-refractivity contribution in [2.45, 2.75) is 51.9 Å². The Balaban J connectivity index is 1.65. The van der Waals surface area contributed by atoms with Crippen LogP contribution < -0.4 is 0 Å². The fourth-order valence-corrected chi connectivity index (χ4v) is 4.06. The third-order valence-corrected chi connectivity index (χ3v) is 5.41. The summed E-state index contributed by atoms with van der Waals surface area (Å²) in [4.78, 5) is 15.1. The molecule has 1 aliphatic rings. The summed E-state index contributed by atoms with van der Waals surface area (Å²) in [5.74, 6) is -0.143. The van der Waals surface area contributed by atoms with Gasteiger partial charge in [0, 0.05) is 18.1 Å². The molecule has 3 nitrogen and oxygen atoms in total. The Morgan fingerprint density at radius 2 is 1.68 bits per heavy atom. The van der Waals surface area contributed by atoms with Crippen molar-refractivity contribution in [3.8, 4) is 0 Å². The number of likely N-dealkylation sites (tertiary alicyclic amines) is 1. The first-order valence-corrected chi connectivity index (χ1v) is 9.11. The SMILES string of the molecule is C[C@H]1C[C@H](C(=O)OCc2ccccc2)[C@H](C)N1[C@@H](C)c1ccccc1. The van der Waals surface area contributed by atoms with Crippen molar-refractivity contribution < 1.29 is 9.53 Å². The van der Waals surface area contributed by atoms with Crippen LogP contribution in [0.5, 0.6) is 0 Å². The van der Waals surface area contributed by atoms with Crippen LogP contribution in [-0.2, 0) is 16.1 Å². The molecule has 2 aromatic rings. The van der Waals surface area contributed by atoms with E-state index >= 15 is 0 Å². The maximum atomic E-state index is 12.6. The molecule has 0 amide bonds. The van der Waals surface area contributed by atoms with Gasteiger partial charge < -0.3 is 4.74 Å². The Kier molecular flexibility index (Phi) is 5.54. The molecule has 1 aliphatic heterocycles. The number of hydrogen-bond donors (Lipinski definition) is 0.